The molecule has 0 aliphatic heterocycles. The van der Waals surface area contributed by atoms with Gasteiger partial charge in [0.2, 0.25) is 0 Å². The summed E-state index contributed by atoms with van der Waals surface area (Å²) in [6.45, 7) is 5.01. The van der Waals surface area contributed by atoms with Crippen molar-refractivity contribution in [1.29, 1.82) is 0 Å². The standard InChI is InChI=1S/C18H19Br2NO3/c1-3-8-24-17-15(20)9-12(10-16(17)23-4-2)18(22)21-14-7-5-6-13(19)11-14/h5-7,9-11H,3-4,8H2,1-2H3,(H,21,22). The summed E-state index contributed by atoms with van der Waals surface area (Å²) in [5.41, 5.74) is 1.21. The van der Waals surface area contributed by atoms with Crippen LogP contribution in [0.4, 0.5) is 5.69 Å². The van der Waals surface area contributed by atoms with Crippen molar-refractivity contribution in [2.75, 3.05) is 18.5 Å². The third-order valence-electron chi connectivity index (χ3n) is 3.10. The van der Waals surface area contributed by atoms with Crippen molar-refractivity contribution < 1.29 is 14.3 Å². The molecule has 24 heavy (non-hydrogen) atoms. The van der Waals surface area contributed by atoms with Crippen LogP contribution in [-0.2, 0) is 0 Å². The van der Waals surface area contributed by atoms with Gasteiger partial charge in [-0.05, 0) is 59.6 Å². The molecule has 0 atom stereocenters. The average molecular weight is 457 g/mol. The molecular formula is C18H19Br2NO3. The highest BCUT2D eigenvalue weighted by molar-refractivity contribution is 9.10. The summed E-state index contributed by atoms with van der Waals surface area (Å²) in [5, 5.41) is 2.87. The van der Waals surface area contributed by atoms with Crippen LogP contribution in [0.2, 0.25) is 0 Å². The number of nitrogens with one attached hydrogen (secondary N) is 1. The zero-order valence-electron chi connectivity index (χ0n) is 13.6. The lowest BCUT2D eigenvalue weighted by atomic mass is 10.1. The molecular weight excluding hydrogens is 438 g/mol. The molecule has 0 radical (unpaired) electrons. The molecule has 0 aromatic heterocycles. The van der Waals surface area contributed by atoms with Gasteiger partial charge in [0.15, 0.2) is 11.5 Å². The number of rotatable bonds is 7. The maximum atomic E-state index is 12.5. The number of hydrogen-bond donors (Lipinski definition) is 1. The van der Waals surface area contributed by atoms with E-state index in [-0.39, 0.29) is 5.91 Å². The van der Waals surface area contributed by atoms with Crippen LogP contribution in [0.5, 0.6) is 11.5 Å². The molecule has 1 amide bonds. The first-order valence-electron chi connectivity index (χ1n) is 7.71. The Balaban J connectivity index is 2.27. The highest BCUT2D eigenvalue weighted by Gasteiger charge is 2.16. The first-order chi connectivity index (χ1) is 11.5. The van der Waals surface area contributed by atoms with Crippen LogP contribution in [0.25, 0.3) is 0 Å². The zero-order chi connectivity index (χ0) is 17.5. The van der Waals surface area contributed by atoms with E-state index in [2.05, 4.69) is 37.2 Å². The minimum absolute atomic E-state index is 0.211. The van der Waals surface area contributed by atoms with Crippen molar-refractivity contribution in [3.63, 3.8) is 0 Å². The molecule has 0 unspecified atom stereocenters. The van der Waals surface area contributed by atoms with Crippen molar-refractivity contribution in [1.82, 2.24) is 0 Å². The molecule has 0 saturated heterocycles. The SMILES string of the molecule is CCCOc1c(Br)cc(C(=O)Nc2cccc(Br)c2)cc1OCC. The number of hydrogen-bond acceptors (Lipinski definition) is 3. The Bertz CT molecular complexity index is 719. The number of amides is 1. The predicted octanol–water partition coefficient (Wildman–Crippen LogP) is 5.65. The quantitative estimate of drug-likeness (QED) is 0.585. The minimum atomic E-state index is -0.211. The van der Waals surface area contributed by atoms with Crippen LogP contribution in [-0.4, -0.2) is 19.1 Å². The number of anilines is 1. The summed E-state index contributed by atoms with van der Waals surface area (Å²) in [6, 6.07) is 10.9. The van der Waals surface area contributed by atoms with Crippen LogP contribution >= 0.6 is 31.9 Å². The molecule has 1 N–H and O–H groups in total. The molecule has 0 aliphatic rings. The van der Waals surface area contributed by atoms with Crippen molar-refractivity contribution in [2.45, 2.75) is 20.3 Å². The number of halogens is 2. The second-order valence-electron chi connectivity index (χ2n) is 5.03. The van der Waals surface area contributed by atoms with Crippen molar-refractivity contribution in [3.8, 4) is 11.5 Å². The fraction of sp³-hybridized carbons (Fsp3) is 0.278. The van der Waals surface area contributed by atoms with Gasteiger partial charge in [-0.2, -0.15) is 0 Å². The van der Waals surface area contributed by atoms with Gasteiger partial charge in [-0.3, -0.25) is 4.79 Å². The molecule has 0 bridgehead atoms. The summed E-state index contributed by atoms with van der Waals surface area (Å²) in [4.78, 5) is 12.5. The maximum absolute atomic E-state index is 12.5. The zero-order valence-corrected chi connectivity index (χ0v) is 16.7. The molecule has 0 saturated carbocycles. The largest absolute Gasteiger partial charge is 0.490 e. The van der Waals surface area contributed by atoms with E-state index in [0.717, 1.165) is 16.6 Å². The lowest BCUT2D eigenvalue weighted by Gasteiger charge is -2.15. The van der Waals surface area contributed by atoms with Gasteiger partial charge in [-0.25, -0.2) is 0 Å². The van der Waals surface area contributed by atoms with Crippen molar-refractivity contribution >= 4 is 43.5 Å². The molecule has 4 nitrogen and oxygen atoms in total. The number of carbonyl (C=O) groups is 1. The fourth-order valence-corrected chi connectivity index (χ4v) is 3.03. The van der Waals surface area contributed by atoms with Crippen LogP contribution in [0, 0.1) is 0 Å². The Hall–Kier alpha value is -1.53. The number of benzene rings is 2. The molecule has 128 valence electrons. The van der Waals surface area contributed by atoms with E-state index in [4.69, 9.17) is 9.47 Å². The van der Waals surface area contributed by atoms with Gasteiger partial charge >= 0.3 is 0 Å². The normalized spacial score (nSPS) is 10.3. The summed E-state index contributed by atoms with van der Waals surface area (Å²) in [6.07, 6.45) is 0.892. The summed E-state index contributed by atoms with van der Waals surface area (Å²) in [7, 11) is 0. The summed E-state index contributed by atoms with van der Waals surface area (Å²) in [5.74, 6) is 0.967. The second-order valence-corrected chi connectivity index (χ2v) is 6.80. The summed E-state index contributed by atoms with van der Waals surface area (Å²) >= 11 is 6.86. The van der Waals surface area contributed by atoms with Crippen LogP contribution in [0.3, 0.4) is 0 Å². The van der Waals surface area contributed by atoms with Gasteiger partial charge in [-0.15, -0.1) is 0 Å². The molecule has 0 spiro atoms. The highest BCUT2D eigenvalue weighted by Crippen LogP contribution is 2.37. The highest BCUT2D eigenvalue weighted by atomic mass is 79.9. The number of carbonyl (C=O) groups excluding carboxylic acids is 1. The van der Waals surface area contributed by atoms with Crippen molar-refractivity contribution in [2.24, 2.45) is 0 Å². The van der Waals surface area contributed by atoms with Gasteiger partial charge in [0, 0.05) is 15.7 Å². The van der Waals surface area contributed by atoms with Gasteiger partial charge < -0.3 is 14.8 Å². The lowest BCUT2D eigenvalue weighted by molar-refractivity contribution is 0.102. The minimum Gasteiger partial charge on any atom is -0.490 e. The average Bonchev–Trinajstić information content (AvgIpc) is 2.54. The Morgan fingerprint density at radius 1 is 1.12 bits per heavy atom. The van der Waals surface area contributed by atoms with Gasteiger partial charge in [-0.1, -0.05) is 28.9 Å². The van der Waals surface area contributed by atoms with Gasteiger partial charge in [0.1, 0.15) is 0 Å². The number of ether oxygens (including phenoxy) is 2. The van der Waals surface area contributed by atoms with E-state index >= 15 is 0 Å². The van der Waals surface area contributed by atoms with Crippen LogP contribution < -0.4 is 14.8 Å². The topological polar surface area (TPSA) is 47.6 Å². The van der Waals surface area contributed by atoms with Gasteiger partial charge in [0.25, 0.3) is 5.91 Å². The summed E-state index contributed by atoms with van der Waals surface area (Å²) < 4.78 is 13.0. The predicted molar refractivity (Wildman–Crippen MR) is 103 cm³/mol. The van der Waals surface area contributed by atoms with E-state index in [9.17, 15) is 4.79 Å². The second kappa shape index (κ2) is 9.08. The van der Waals surface area contributed by atoms with Crippen LogP contribution in [0.1, 0.15) is 30.6 Å². The van der Waals surface area contributed by atoms with E-state index in [0.29, 0.717) is 34.7 Å². The fourth-order valence-electron chi connectivity index (χ4n) is 2.08. The molecule has 0 fully saturated rings. The lowest BCUT2D eigenvalue weighted by Crippen LogP contribution is -2.13. The van der Waals surface area contributed by atoms with Crippen molar-refractivity contribution in [3.05, 3.63) is 50.9 Å². The molecule has 2 rings (SSSR count). The Morgan fingerprint density at radius 2 is 1.92 bits per heavy atom. The Morgan fingerprint density at radius 3 is 2.58 bits per heavy atom. The monoisotopic (exact) mass is 455 g/mol. The molecule has 2 aromatic rings. The first kappa shape index (κ1) is 18.8. The van der Waals surface area contributed by atoms with E-state index < -0.39 is 0 Å². The third-order valence-corrected chi connectivity index (χ3v) is 4.19. The molecule has 0 aliphatic carbocycles. The molecule has 2 aromatic carbocycles. The molecule has 6 heteroatoms. The molecule has 0 heterocycles. The van der Waals surface area contributed by atoms with E-state index in [1.54, 1.807) is 12.1 Å². The van der Waals surface area contributed by atoms with E-state index in [1.165, 1.54) is 0 Å². The third kappa shape index (κ3) is 4.98. The maximum Gasteiger partial charge on any atom is 0.255 e. The van der Waals surface area contributed by atoms with Gasteiger partial charge in [0.05, 0.1) is 17.7 Å². The van der Waals surface area contributed by atoms with E-state index in [1.807, 2.05) is 38.1 Å². The Labute approximate surface area is 158 Å². The Kier molecular flexibility index (Phi) is 7.12. The first-order valence-corrected chi connectivity index (χ1v) is 9.29. The van der Waals surface area contributed by atoms with Crippen LogP contribution in [0.15, 0.2) is 45.3 Å². The smallest absolute Gasteiger partial charge is 0.255 e.